The van der Waals surface area contributed by atoms with E-state index >= 15 is 0 Å². The molecular weight excluding hydrogens is 390 g/mol. The molecule has 0 atom stereocenters. The van der Waals surface area contributed by atoms with E-state index < -0.39 is 0 Å². The number of amides is 1. The number of tetrazole rings is 1. The van der Waals surface area contributed by atoms with Crippen LogP contribution in [0.2, 0.25) is 5.02 Å². The molecule has 0 unspecified atom stereocenters. The van der Waals surface area contributed by atoms with Crippen LogP contribution in [0.4, 0.5) is 0 Å². The van der Waals surface area contributed by atoms with Crippen LogP contribution in [0.15, 0.2) is 61.2 Å². The Bertz CT molecular complexity index is 954. The molecule has 0 radical (unpaired) electrons. The molecule has 0 saturated carbocycles. The summed E-state index contributed by atoms with van der Waals surface area (Å²) in [5.74, 6) is 1.20. The van der Waals surface area contributed by atoms with E-state index in [1.807, 2.05) is 31.2 Å². The van der Waals surface area contributed by atoms with Gasteiger partial charge in [-0.1, -0.05) is 29.8 Å². The van der Waals surface area contributed by atoms with Crippen molar-refractivity contribution in [1.29, 1.82) is 0 Å². The molecule has 3 rings (SSSR count). The van der Waals surface area contributed by atoms with Gasteiger partial charge in [0.2, 0.25) is 0 Å². The Morgan fingerprint density at radius 2 is 1.93 bits per heavy atom. The van der Waals surface area contributed by atoms with E-state index in [9.17, 15) is 4.79 Å². The molecule has 1 amide bonds. The zero-order valence-corrected chi connectivity index (χ0v) is 16.9. The van der Waals surface area contributed by atoms with Gasteiger partial charge >= 0.3 is 0 Å². The maximum absolute atomic E-state index is 12.9. The third-order valence-corrected chi connectivity index (χ3v) is 4.55. The monoisotopic (exact) mass is 411 g/mol. The lowest BCUT2D eigenvalue weighted by molar-refractivity contribution is 0.0762. The first-order valence-electron chi connectivity index (χ1n) is 9.23. The summed E-state index contributed by atoms with van der Waals surface area (Å²) in [7, 11) is 0. The molecule has 3 aromatic rings. The number of rotatable bonds is 9. The highest BCUT2D eigenvalue weighted by Crippen LogP contribution is 2.17. The van der Waals surface area contributed by atoms with Crippen molar-refractivity contribution >= 4 is 17.5 Å². The van der Waals surface area contributed by atoms with Crippen molar-refractivity contribution in [2.24, 2.45) is 0 Å². The number of halogens is 1. The molecule has 0 spiro atoms. The quantitative estimate of drug-likeness (QED) is 0.501. The SMILES string of the molecule is C=CCN(Cc1ccc(Cl)cc1)C(=O)c1ccc(OCc2nnnn2CC)cc1. The first-order valence-corrected chi connectivity index (χ1v) is 9.61. The third-order valence-electron chi connectivity index (χ3n) is 4.30. The number of ether oxygens (including phenoxy) is 1. The zero-order chi connectivity index (χ0) is 20.6. The van der Waals surface area contributed by atoms with E-state index in [1.165, 1.54) is 0 Å². The summed E-state index contributed by atoms with van der Waals surface area (Å²) in [6, 6.07) is 14.5. The fraction of sp³-hybridized carbons (Fsp3) is 0.238. The van der Waals surface area contributed by atoms with Gasteiger partial charge in [-0.25, -0.2) is 4.68 Å². The minimum atomic E-state index is -0.0821. The summed E-state index contributed by atoms with van der Waals surface area (Å²) in [5.41, 5.74) is 1.57. The molecule has 7 nitrogen and oxygen atoms in total. The molecule has 0 aliphatic rings. The molecule has 0 saturated heterocycles. The van der Waals surface area contributed by atoms with Crippen LogP contribution < -0.4 is 4.74 Å². The summed E-state index contributed by atoms with van der Waals surface area (Å²) < 4.78 is 7.39. The predicted molar refractivity (Wildman–Crippen MR) is 111 cm³/mol. The van der Waals surface area contributed by atoms with Gasteiger partial charge in [0.1, 0.15) is 12.4 Å². The molecule has 1 aromatic heterocycles. The maximum atomic E-state index is 12.9. The second-order valence-electron chi connectivity index (χ2n) is 6.32. The average Bonchev–Trinajstić information content (AvgIpc) is 3.21. The maximum Gasteiger partial charge on any atom is 0.254 e. The molecule has 0 aliphatic heterocycles. The molecular formula is C21H22ClN5O2. The lowest BCUT2D eigenvalue weighted by atomic mass is 10.1. The van der Waals surface area contributed by atoms with Crippen LogP contribution in [0.3, 0.4) is 0 Å². The van der Waals surface area contributed by atoms with Crippen LogP contribution in [0.25, 0.3) is 0 Å². The van der Waals surface area contributed by atoms with Crippen LogP contribution in [0.1, 0.15) is 28.7 Å². The normalized spacial score (nSPS) is 10.6. The van der Waals surface area contributed by atoms with Gasteiger partial charge in [0.05, 0.1) is 0 Å². The molecule has 0 N–H and O–H groups in total. The molecule has 0 fully saturated rings. The van der Waals surface area contributed by atoms with Crippen LogP contribution in [-0.4, -0.2) is 37.6 Å². The smallest absolute Gasteiger partial charge is 0.254 e. The van der Waals surface area contributed by atoms with Gasteiger partial charge in [0.15, 0.2) is 5.82 Å². The van der Waals surface area contributed by atoms with E-state index in [0.29, 0.717) is 41.8 Å². The predicted octanol–water partition coefficient (Wildman–Crippen LogP) is 3.75. The van der Waals surface area contributed by atoms with Gasteiger partial charge in [0.25, 0.3) is 5.91 Å². The third kappa shape index (κ3) is 5.42. The van der Waals surface area contributed by atoms with Crippen molar-refractivity contribution in [3.8, 4) is 5.75 Å². The zero-order valence-electron chi connectivity index (χ0n) is 16.2. The standard InChI is InChI=1S/C21H22ClN5O2/c1-3-13-26(14-16-5-9-18(22)10-6-16)21(28)17-7-11-19(12-8-17)29-15-20-23-24-25-27(20)4-2/h3,5-12H,1,4,13-15H2,2H3. The summed E-state index contributed by atoms with van der Waals surface area (Å²) in [6.45, 7) is 7.56. The first kappa shape index (κ1) is 20.5. The molecule has 150 valence electrons. The van der Waals surface area contributed by atoms with Crippen molar-refractivity contribution in [3.05, 3.63) is 83.2 Å². The van der Waals surface area contributed by atoms with Crippen LogP contribution in [0, 0.1) is 0 Å². The Labute approximate surface area is 174 Å². The molecule has 0 bridgehead atoms. The minimum absolute atomic E-state index is 0.0821. The second kappa shape index (κ2) is 9.84. The molecule has 29 heavy (non-hydrogen) atoms. The molecule has 1 heterocycles. The number of hydrogen-bond donors (Lipinski definition) is 0. The number of carbonyl (C=O) groups excluding carboxylic acids is 1. The fourth-order valence-corrected chi connectivity index (χ4v) is 2.91. The van der Waals surface area contributed by atoms with Crippen molar-refractivity contribution in [1.82, 2.24) is 25.1 Å². The number of carbonyl (C=O) groups is 1. The Balaban J connectivity index is 1.65. The van der Waals surface area contributed by atoms with Crippen molar-refractivity contribution in [3.63, 3.8) is 0 Å². The van der Waals surface area contributed by atoms with E-state index in [1.54, 1.807) is 39.9 Å². The first-order chi connectivity index (χ1) is 14.1. The van der Waals surface area contributed by atoms with Gasteiger partial charge in [-0.05, 0) is 59.3 Å². The molecule has 2 aromatic carbocycles. The minimum Gasteiger partial charge on any atom is -0.486 e. The Morgan fingerprint density at radius 3 is 2.59 bits per heavy atom. The highest BCUT2D eigenvalue weighted by Gasteiger charge is 2.15. The largest absolute Gasteiger partial charge is 0.486 e. The van der Waals surface area contributed by atoms with Gasteiger partial charge in [0, 0.05) is 30.2 Å². The van der Waals surface area contributed by atoms with E-state index in [4.69, 9.17) is 16.3 Å². The number of aromatic nitrogens is 4. The highest BCUT2D eigenvalue weighted by molar-refractivity contribution is 6.30. The second-order valence-corrected chi connectivity index (χ2v) is 6.76. The van der Waals surface area contributed by atoms with Crippen LogP contribution >= 0.6 is 11.6 Å². The lowest BCUT2D eigenvalue weighted by Gasteiger charge is -2.21. The summed E-state index contributed by atoms with van der Waals surface area (Å²) >= 11 is 5.94. The van der Waals surface area contributed by atoms with E-state index in [0.717, 1.165) is 5.56 Å². The topological polar surface area (TPSA) is 73.1 Å². The Hall–Kier alpha value is -3.19. The number of hydrogen-bond acceptors (Lipinski definition) is 5. The van der Waals surface area contributed by atoms with Crippen LogP contribution in [-0.2, 0) is 19.7 Å². The molecule has 8 heteroatoms. The fourth-order valence-electron chi connectivity index (χ4n) is 2.78. The van der Waals surface area contributed by atoms with Gasteiger partial charge in [-0.15, -0.1) is 11.7 Å². The lowest BCUT2D eigenvalue weighted by Crippen LogP contribution is -2.30. The number of nitrogens with zero attached hydrogens (tertiary/aromatic N) is 5. The van der Waals surface area contributed by atoms with Crippen molar-refractivity contribution in [2.75, 3.05) is 6.54 Å². The number of aryl methyl sites for hydroxylation is 1. The van der Waals surface area contributed by atoms with E-state index in [-0.39, 0.29) is 12.5 Å². The van der Waals surface area contributed by atoms with Crippen molar-refractivity contribution < 1.29 is 9.53 Å². The Kier molecular flexibility index (Phi) is 6.97. The van der Waals surface area contributed by atoms with Crippen LogP contribution in [0.5, 0.6) is 5.75 Å². The van der Waals surface area contributed by atoms with Gasteiger partial charge < -0.3 is 9.64 Å². The molecule has 0 aliphatic carbocycles. The summed E-state index contributed by atoms with van der Waals surface area (Å²) in [6.07, 6.45) is 1.71. The average molecular weight is 412 g/mol. The van der Waals surface area contributed by atoms with E-state index in [2.05, 4.69) is 22.1 Å². The summed E-state index contributed by atoms with van der Waals surface area (Å²) in [4.78, 5) is 14.7. The Morgan fingerprint density at radius 1 is 1.21 bits per heavy atom. The number of benzene rings is 2. The van der Waals surface area contributed by atoms with Crippen molar-refractivity contribution in [2.45, 2.75) is 26.6 Å². The summed E-state index contributed by atoms with van der Waals surface area (Å²) in [5, 5.41) is 12.1. The highest BCUT2D eigenvalue weighted by atomic mass is 35.5. The van der Waals surface area contributed by atoms with Gasteiger partial charge in [-0.3, -0.25) is 4.79 Å². The van der Waals surface area contributed by atoms with Gasteiger partial charge in [-0.2, -0.15) is 0 Å².